The molecule has 1 aliphatic carbocycles. The number of fused-ring (bicyclic) bond motifs is 6. The Balaban J connectivity index is 1.29. The van der Waals surface area contributed by atoms with Crippen LogP contribution in [0.15, 0.2) is 150 Å². The molecule has 0 fully saturated rings. The zero-order chi connectivity index (χ0) is 29.1. The van der Waals surface area contributed by atoms with Crippen molar-refractivity contribution in [2.24, 2.45) is 0 Å². The third kappa shape index (κ3) is 4.28. The number of nitrogens with zero attached hydrogens (tertiary/aromatic N) is 1. The van der Waals surface area contributed by atoms with Crippen molar-refractivity contribution >= 4 is 54.5 Å². The lowest BCUT2D eigenvalue weighted by molar-refractivity contribution is 0.660. The summed E-state index contributed by atoms with van der Waals surface area (Å²) < 4.78 is 1.09. The van der Waals surface area contributed by atoms with Gasteiger partial charge < -0.3 is 4.90 Å². The van der Waals surface area contributed by atoms with E-state index in [0.717, 1.165) is 21.5 Å². The molecule has 0 radical (unpaired) electrons. The molecule has 0 N–H and O–H groups in total. The second kappa shape index (κ2) is 9.97. The number of anilines is 3. The molecule has 0 saturated heterocycles. The summed E-state index contributed by atoms with van der Waals surface area (Å²) in [5, 5.41) is 5.07. The fourth-order valence-electron chi connectivity index (χ4n) is 6.86. The highest BCUT2D eigenvalue weighted by Gasteiger charge is 2.35. The van der Waals surface area contributed by atoms with Gasteiger partial charge in [0.25, 0.3) is 0 Å². The van der Waals surface area contributed by atoms with Crippen LogP contribution in [0.2, 0.25) is 0 Å². The fraction of sp³-hybridized carbons (Fsp3) is 0.0732. The molecule has 2 heteroatoms. The molecule has 7 aromatic carbocycles. The maximum absolute atomic E-state index is 3.56. The maximum atomic E-state index is 3.56. The van der Waals surface area contributed by atoms with Gasteiger partial charge in [-0.3, -0.25) is 0 Å². The molecule has 8 rings (SSSR count). The molecule has 0 bridgehead atoms. The standard InChI is InChI=1S/C41H30BrN/c1-41(2)39-10-6-5-9-37(39)38-24-22-34(26-40(38)41)43(32-19-15-28(16-20-32)27-13-17-31(42)18-14-27)33-21-23-36-30(25-33)12-11-29-7-3-4-8-35(29)36/h3-26H,1-2H3. The maximum Gasteiger partial charge on any atom is 0.0468 e. The number of rotatable bonds is 4. The third-order valence-corrected chi connectivity index (χ3v) is 9.64. The average molecular weight is 617 g/mol. The zero-order valence-electron chi connectivity index (χ0n) is 24.2. The Hall–Kier alpha value is -4.66. The van der Waals surface area contributed by atoms with Gasteiger partial charge >= 0.3 is 0 Å². The van der Waals surface area contributed by atoms with Gasteiger partial charge in [-0.1, -0.05) is 127 Å². The first kappa shape index (κ1) is 26.0. The number of hydrogen-bond donors (Lipinski definition) is 0. The highest BCUT2D eigenvalue weighted by Crippen LogP contribution is 2.50. The van der Waals surface area contributed by atoms with Crippen LogP contribution < -0.4 is 4.90 Å². The summed E-state index contributed by atoms with van der Waals surface area (Å²) >= 11 is 3.56. The van der Waals surface area contributed by atoms with Gasteiger partial charge in [-0.05, 0) is 103 Å². The van der Waals surface area contributed by atoms with E-state index in [4.69, 9.17) is 0 Å². The quantitative estimate of drug-likeness (QED) is 0.178. The van der Waals surface area contributed by atoms with Crippen molar-refractivity contribution in [3.63, 3.8) is 0 Å². The Kier molecular flexibility index (Phi) is 6.03. The minimum atomic E-state index is -0.0681. The first-order valence-corrected chi connectivity index (χ1v) is 15.6. The predicted octanol–water partition coefficient (Wildman–Crippen LogP) is 12.2. The van der Waals surface area contributed by atoms with Gasteiger partial charge in [0.1, 0.15) is 0 Å². The van der Waals surface area contributed by atoms with Gasteiger partial charge in [-0.2, -0.15) is 0 Å². The Morgan fingerprint density at radius 3 is 1.86 bits per heavy atom. The van der Waals surface area contributed by atoms with E-state index in [1.807, 2.05) is 0 Å². The van der Waals surface area contributed by atoms with Crippen LogP contribution in [-0.4, -0.2) is 0 Å². The highest BCUT2D eigenvalue weighted by molar-refractivity contribution is 9.10. The minimum Gasteiger partial charge on any atom is -0.310 e. The minimum absolute atomic E-state index is 0.0681. The van der Waals surface area contributed by atoms with Crippen LogP contribution in [0.5, 0.6) is 0 Å². The lowest BCUT2D eigenvalue weighted by atomic mass is 9.82. The molecular formula is C41H30BrN. The lowest BCUT2D eigenvalue weighted by Crippen LogP contribution is -2.16. The first-order chi connectivity index (χ1) is 21.0. The molecule has 0 unspecified atom stereocenters. The van der Waals surface area contributed by atoms with Crippen LogP contribution in [0.1, 0.15) is 25.0 Å². The van der Waals surface area contributed by atoms with Crippen molar-refractivity contribution in [1.82, 2.24) is 0 Å². The van der Waals surface area contributed by atoms with Crippen LogP contribution in [0.4, 0.5) is 17.1 Å². The van der Waals surface area contributed by atoms with E-state index >= 15 is 0 Å². The van der Waals surface area contributed by atoms with Crippen LogP contribution in [0.25, 0.3) is 43.8 Å². The topological polar surface area (TPSA) is 3.24 Å². The van der Waals surface area contributed by atoms with Gasteiger partial charge in [-0.15, -0.1) is 0 Å². The van der Waals surface area contributed by atoms with Crippen LogP contribution in [0, 0.1) is 0 Å². The summed E-state index contributed by atoms with van der Waals surface area (Å²) in [6.07, 6.45) is 0. The third-order valence-electron chi connectivity index (χ3n) is 9.12. The van der Waals surface area contributed by atoms with Gasteiger partial charge in [0.15, 0.2) is 0 Å². The van der Waals surface area contributed by atoms with Crippen molar-refractivity contribution in [2.45, 2.75) is 19.3 Å². The molecule has 206 valence electrons. The largest absolute Gasteiger partial charge is 0.310 e. The summed E-state index contributed by atoms with van der Waals surface area (Å²) in [4.78, 5) is 2.40. The van der Waals surface area contributed by atoms with Gasteiger partial charge in [-0.25, -0.2) is 0 Å². The molecule has 0 heterocycles. The molecule has 0 amide bonds. The predicted molar refractivity (Wildman–Crippen MR) is 187 cm³/mol. The van der Waals surface area contributed by atoms with E-state index in [1.165, 1.54) is 54.9 Å². The van der Waals surface area contributed by atoms with Gasteiger partial charge in [0.05, 0.1) is 0 Å². The Morgan fingerprint density at radius 2 is 1.05 bits per heavy atom. The second-order valence-electron chi connectivity index (χ2n) is 12.0. The van der Waals surface area contributed by atoms with E-state index in [9.17, 15) is 0 Å². The molecule has 0 aromatic heterocycles. The number of hydrogen-bond acceptors (Lipinski definition) is 1. The van der Waals surface area contributed by atoms with Crippen LogP contribution in [-0.2, 0) is 5.41 Å². The first-order valence-electron chi connectivity index (χ1n) is 14.8. The number of benzene rings is 7. The molecule has 1 nitrogen and oxygen atoms in total. The molecule has 0 aliphatic heterocycles. The Bertz CT molecular complexity index is 2160. The SMILES string of the molecule is CC1(C)c2ccccc2-c2ccc(N(c3ccc(-c4ccc(Br)cc4)cc3)c3ccc4c(ccc5ccccc54)c3)cc21. The summed E-state index contributed by atoms with van der Waals surface area (Å²) in [5.74, 6) is 0. The fourth-order valence-corrected chi connectivity index (χ4v) is 7.13. The van der Waals surface area contributed by atoms with Crippen molar-refractivity contribution in [2.75, 3.05) is 4.90 Å². The van der Waals surface area contributed by atoms with Crippen LogP contribution >= 0.6 is 15.9 Å². The smallest absolute Gasteiger partial charge is 0.0468 e. The summed E-state index contributed by atoms with van der Waals surface area (Å²) in [6, 6.07) is 53.3. The Morgan fingerprint density at radius 1 is 0.465 bits per heavy atom. The second-order valence-corrected chi connectivity index (χ2v) is 12.9. The summed E-state index contributed by atoms with van der Waals surface area (Å²) in [6.45, 7) is 4.69. The molecule has 0 atom stereocenters. The van der Waals surface area contributed by atoms with Crippen molar-refractivity contribution in [3.8, 4) is 22.3 Å². The molecule has 7 aromatic rings. The zero-order valence-corrected chi connectivity index (χ0v) is 25.8. The molecular weight excluding hydrogens is 586 g/mol. The normalized spacial score (nSPS) is 13.2. The van der Waals surface area contributed by atoms with E-state index in [1.54, 1.807) is 0 Å². The molecule has 1 aliphatic rings. The summed E-state index contributed by atoms with van der Waals surface area (Å²) in [7, 11) is 0. The van der Waals surface area contributed by atoms with Crippen molar-refractivity contribution in [3.05, 3.63) is 161 Å². The molecule has 0 spiro atoms. The summed E-state index contributed by atoms with van der Waals surface area (Å²) in [5.41, 5.74) is 11.2. The monoisotopic (exact) mass is 615 g/mol. The van der Waals surface area contributed by atoms with Crippen LogP contribution in [0.3, 0.4) is 0 Å². The van der Waals surface area contributed by atoms with Gasteiger partial charge in [0.2, 0.25) is 0 Å². The average Bonchev–Trinajstić information content (AvgIpc) is 3.28. The van der Waals surface area contributed by atoms with Crippen molar-refractivity contribution < 1.29 is 0 Å². The van der Waals surface area contributed by atoms with E-state index in [2.05, 4.69) is 180 Å². The Labute approximate surface area is 261 Å². The van der Waals surface area contributed by atoms with E-state index in [-0.39, 0.29) is 5.41 Å². The van der Waals surface area contributed by atoms with E-state index < -0.39 is 0 Å². The highest BCUT2D eigenvalue weighted by atomic mass is 79.9. The van der Waals surface area contributed by atoms with Gasteiger partial charge in [0, 0.05) is 26.9 Å². The lowest BCUT2D eigenvalue weighted by Gasteiger charge is -2.28. The molecule has 43 heavy (non-hydrogen) atoms. The molecule has 0 saturated carbocycles. The van der Waals surface area contributed by atoms with E-state index in [0.29, 0.717) is 0 Å². The van der Waals surface area contributed by atoms with Crippen molar-refractivity contribution in [1.29, 1.82) is 0 Å². The number of halogens is 1.